The number of hydrogen-bond donors (Lipinski definition) is 0. The summed E-state index contributed by atoms with van der Waals surface area (Å²) in [6, 6.07) is 0. The Morgan fingerprint density at radius 1 is 0.350 bits per heavy atom. The van der Waals surface area contributed by atoms with E-state index < -0.39 is 0 Å². The van der Waals surface area contributed by atoms with E-state index in [-0.39, 0.29) is 145 Å². The van der Waals surface area contributed by atoms with Crippen LogP contribution in [0.3, 0.4) is 0 Å². The average Bonchev–Trinajstić information content (AvgIpc) is 1.92. The molecule has 0 aliphatic rings. The minimum absolute atomic E-state index is 0. The smallest absolute Gasteiger partial charge is 0 e. The first kappa shape index (κ1) is 82.2. The molecule has 0 rings (SSSR count). The van der Waals surface area contributed by atoms with Crippen molar-refractivity contribution < 1.29 is 137 Å². The molecule has 0 saturated carbocycles. The Labute approximate surface area is 221 Å². The molecule has 0 aromatic heterocycles. The molecule has 0 aromatic carbocycles. The van der Waals surface area contributed by atoms with Gasteiger partial charge in [-0.15, -0.1) is 0 Å². The van der Waals surface area contributed by atoms with Crippen LogP contribution in [0, 0.1) is 0 Å². The van der Waals surface area contributed by atoms with E-state index in [4.69, 9.17) is 80.8 Å². The summed E-state index contributed by atoms with van der Waals surface area (Å²) in [4.78, 5) is 0. The molecule has 3 nitrogen and oxygen atoms in total. The van der Waals surface area contributed by atoms with Crippen LogP contribution in [0.2, 0.25) is 0 Å². The van der Waals surface area contributed by atoms with E-state index in [9.17, 15) is 0 Å². The molecule has 0 aliphatic heterocycles. The second-order valence-electron chi connectivity index (χ2n) is 0.202. The van der Waals surface area contributed by atoms with Crippen LogP contribution in [0.1, 0.15) is 7.43 Å². The van der Waals surface area contributed by atoms with Gasteiger partial charge < -0.3 is 16.4 Å². The first-order valence-corrected chi connectivity index (χ1v) is 13.2. The van der Waals surface area contributed by atoms with Crippen molar-refractivity contribution >= 4 is 80.8 Å². The zero-order valence-electron chi connectivity index (χ0n) is 7.35. The van der Waals surface area contributed by atoms with Gasteiger partial charge in [0.25, 0.3) is 0 Å². The third-order valence-corrected chi connectivity index (χ3v) is 0. The van der Waals surface area contributed by atoms with Crippen molar-refractivity contribution in [3.63, 3.8) is 0 Å². The molecular formula is CH10Cl8Fe8O3. The molecule has 19 heteroatoms. The predicted octanol–water partition coefficient (Wildman–Crippen LogP) is 3.66. The van der Waals surface area contributed by atoms with Gasteiger partial charge in [-0.05, 0) is 0 Å². The molecule has 0 spiro atoms. The van der Waals surface area contributed by atoms with Crippen LogP contribution in [-0.2, 0) is 121 Å². The maximum atomic E-state index is 4.76. The molecule has 0 unspecified atom stereocenters. The monoisotopic (exact) mass is 797 g/mol. The fourth-order valence-corrected chi connectivity index (χ4v) is 0. The molecule has 0 fully saturated rings. The molecule has 0 radical (unpaired) electrons. The summed E-state index contributed by atoms with van der Waals surface area (Å²) in [7, 11) is 38.1. The third kappa shape index (κ3) is 329. The molecule has 0 aliphatic carbocycles. The Kier molecular flexibility index (Phi) is 577. The summed E-state index contributed by atoms with van der Waals surface area (Å²) >= 11 is 0.778. The topological polar surface area (TPSA) is 94.5 Å². The fourth-order valence-electron chi connectivity index (χ4n) is 0. The van der Waals surface area contributed by atoms with Crippen molar-refractivity contribution in [2.45, 2.75) is 7.43 Å². The maximum absolute atomic E-state index is 4.76. The van der Waals surface area contributed by atoms with Crippen LogP contribution in [0.4, 0.5) is 0 Å². The molecule has 0 aromatic rings. The Morgan fingerprint density at radius 2 is 0.350 bits per heavy atom. The van der Waals surface area contributed by atoms with Crippen LogP contribution in [0.5, 0.6) is 0 Å². The van der Waals surface area contributed by atoms with Crippen LogP contribution < -0.4 is 0 Å². The summed E-state index contributed by atoms with van der Waals surface area (Å²) in [6.07, 6.45) is 0. The SMILES string of the molecule is C.O.O.O.[Cl][Fe][Cl].[Cl][Fe][Cl].[Cl][Fe][Cl].[Cl][Fe][Cl].[Fe].[Fe].[Fe].[Fe]. The molecule has 20 heavy (non-hydrogen) atoms. The number of rotatable bonds is 0. The van der Waals surface area contributed by atoms with Gasteiger partial charge in [0.1, 0.15) is 0 Å². The van der Waals surface area contributed by atoms with Gasteiger partial charge in [-0.2, -0.15) is 0 Å². The van der Waals surface area contributed by atoms with E-state index in [1.54, 1.807) is 0 Å². The van der Waals surface area contributed by atoms with Gasteiger partial charge >= 0.3 is 133 Å². The largest absolute Gasteiger partial charge is 0 e. The van der Waals surface area contributed by atoms with Crippen LogP contribution in [0.15, 0.2) is 0 Å². The van der Waals surface area contributed by atoms with Crippen LogP contribution >= 0.6 is 80.8 Å². The first-order valence-electron chi connectivity index (χ1n) is 1.07. The van der Waals surface area contributed by atoms with Crippen molar-refractivity contribution in [2.24, 2.45) is 0 Å². The van der Waals surface area contributed by atoms with E-state index in [0.29, 0.717) is 0 Å². The van der Waals surface area contributed by atoms with Crippen molar-refractivity contribution in [3.05, 3.63) is 0 Å². The zero-order valence-corrected chi connectivity index (χ0v) is 22.2. The molecule has 0 atom stereocenters. The van der Waals surface area contributed by atoms with Crippen LogP contribution in [0.25, 0.3) is 0 Å². The summed E-state index contributed by atoms with van der Waals surface area (Å²) in [6.45, 7) is 0. The molecule has 6 N–H and O–H groups in total. The standard InChI is InChI=1S/CH4.8ClH.8Fe.3H2O/h1H4;8*1H;;;;;;;;;3*1H2/q;;;;;;;;;;;;;4*+2;;;/p-8. The molecular weight excluding hydrogens is 790 g/mol. The van der Waals surface area contributed by atoms with Gasteiger partial charge in [0.05, 0.1) is 0 Å². The third-order valence-electron chi connectivity index (χ3n) is 0. The van der Waals surface area contributed by atoms with Gasteiger partial charge in [-0.3, -0.25) is 0 Å². The van der Waals surface area contributed by atoms with E-state index in [2.05, 4.69) is 0 Å². The average molecular weight is 800 g/mol. The van der Waals surface area contributed by atoms with Gasteiger partial charge in [-0.1, -0.05) is 7.43 Å². The maximum Gasteiger partial charge on any atom is 0 e. The van der Waals surface area contributed by atoms with Crippen LogP contribution in [-0.4, -0.2) is 16.4 Å². The number of hydrogen-bond acceptors (Lipinski definition) is 0. The van der Waals surface area contributed by atoms with Crippen molar-refractivity contribution in [2.75, 3.05) is 0 Å². The molecule has 0 amide bonds. The van der Waals surface area contributed by atoms with Gasteiger partial charge in [0.15, 0.2) is 0 Å². The summed E-state index contributed by atoms with van der Waals surface area (Å²) in [5.74, 6) is 0. The summed E-state index contributed by atoms with van der Waals surface area (Å²) < 4.78 is 0. The Morgan fingerprint density at radius 3 is 0.350 bits per heavy atom. The van der Waals surface area contributed by atoms with Gasteiger partial charge in [-0.25, -0.2) is 0 Å². The number of halogens is 8. The normalized spacial score (nSPS) is 4.40. The minimum Gasteiger partial charge on any atom is 0 e. The van der Waals surface area contributed by atoms with Gasteiger partial charge in [0, 0.05) is 68.3 Å². The van der Waals surface area contributed by atoms with Crippen molar-refractivity contribution in [1.82, 2.24) is 0 Å². The summed E-state index contributed by atoms with van der Waals surface area (Å²) in [5, 5.41) is 0. The van der Waals surface area contributed by atoms with E-state index >= 15 is 0 Å². The van der Waals surface area contributed by atoms with E-state index in [1.165, 1.54) is 0 Å². The Hall–Kier alpha value is 6.36. The molecule has 0 bridgehead atoms. The quantitative estimate of drug-likeness (QED) is 0.335. The predicted molar refractivity (Wildman–Crippen MR) is 64.4 cm³/mol. The van der Waals surface area contributed by atoms with Crippen molar-refractivity contribution in [1.29, 1.82) is 0 Å². The second-order valence-corrected chi connectivity index (χ2v) is 7.50. The Balaban J connectivity index is -0.00000000376. The molecule has 152 valence electrons. The molecule has 0 saturated heterocycles. The van der Waals surface area contributed by atoms with E-state index in [1.807, 2.05) is 0 Å². The zero-order chi connectivity index (χ0) is 10.8. The van der Waals surface area contributed by atoms with Crippen molar-refractivity contribution in [3.8, 4) is 0 Å². The fraction of sp³-hybridized carbons (Fsp3) is 1.00. The Bertz CT molecular complexity index is 41.7. The summed E-state index contributed by atoms with van der Waals surface area (Å²) in [5.41, 5.74) is 0. The first-order chi connectivity index (χ1) is 5.66. The van der Waals surface area contributed by atoms with Gasteiger partial charge in [0.2, 0.25) is 0 Å². The molecule has 0 heterocycles. The second kappa shape index (κ2) is 140. The van der Waals surface area contributed by atoms with E-state index in [0.717, 1.165) is 0 Å². The minimum atomic E-state index is 0.